The summed E-state index contributed by atoms with van der Waals surface area (Å²) >= 11 is 0. The van der Waals surface area contributed by atoms with Crippen molar-refractivity contribution in [3.8, 4) is 0 Å². The molecule has 232 valence electrons. The monoisotopic (exact) mass is 623 g/mol. The van der Waals surface area contributed by atoms with Gasteiger partial charge in [-0.1, -0.05) is 31.2 Å². The second-order valence-corrected chi connectivity index (χ2v) is 12.5. The van der Waals surface area contributed by atoms with Crippen LogP contribution in [0.5, 0.6) is 0 Å². The number of carbonyl (C=O) groups excluding carboxylic acids is 1. The lowest BCUT2D eigenvalue weighted by Crippen LogP contribution is -2.45. The lowest BCUT2D eigenvalue weighted by Gasteiger charge is -2.40. The Balaban J connectivity index is 1.48. The third-order valence-corrected chi connectivity index (χ3v) is 9.37. The van der Waals surface area contributed by atoms with Gasteiger partial charge in [-0.05, 0) is 60.4 Å². The van der Waals surface area contributed by atoms with Gasteiger partial charge in [-0.3, -0.25) is 4.79 Å². The van der Waals surface area contributed by atoms with Crippen LogP contribution in [0.1, 0.15) is 58.8 Å². The van der Waals surface area contributed by atoms with Crippen molar-refractivity contribution in [3.05, 3.63) is 89.1 Å². The van der Waals surface area contributed by atoms with Crippen LogP contribution in [0, 0.1) is 0 Å². The van der Waals surface area contributed by atoms with E-state index in [1.165, 1.54) is 42.6 Å². The number of nitrogens with zero attached hydrogens (tertiary/aromatic N) is 2. The third kappa shape index (κ3) is 7.89. The van der Waals surface area contributed by atoms with Gasteiger partial charge in [0.1, 0.15) is 5.82 Å². The maximum absolute atomic E-state index is 13.0. The van der Waals surface area contributed by atoms with Crippen molar-refractivity contribution in [1.29, 1.82) is 0 Å². The number of ether oxygens (including phenoxy) is 1. The maximum atomic E-state index is 13.0. The fourth-order valence-electron chi connectivity index (χ4n) is 5.12. The number of nitrogens with one attached hydrogen (secondary N) is 1. The fraction of sp³-hybridized carbons (Fsp3) is 0.400. The molecule has 1 fully saturated rings. The molecule has 1 unspecified atom stereocenters. The van der Waals surface area contributed by atoms with Crippen molar-refractivity contribution in [2.75, 3.05) is 37.3 Å². The van der Waals surface area contributed by atoms with E-state index in [0.717, 1.165) is 17.7 Å². The Morgan fingerprint density at radius 2 is 1.79 bits per heavy atom. The van der Waals surface area contributed by atoms with Crippen molar-refractivity contribution in [2.45, 2.75) is 48.8 Å². The number of piperidine rings is 1. The number of alkyl halides is 4. The highest BCUT2D eigenvalue weighted by Crippen LogP contribution is 2.35. The molecule has 3 aromatic rings. The predicted octanol–water partition coefficient (Wildman–Crippen LogP) is 5.05. The largest absolute Gasteiger partial charge is 0.416 e. The summed E-state index contributed by atoms with van der Waals surface area (Å²) in [6.07, 6.45) is -1.81. The number of pyridine rings is 1. The summed E-state index contributed by atoms with van der Waals surface area (Å²) in [4.78, 5) is 19.5. The number of aliphatic hydroxyl groups is 1. The number of anilines is 1. The zero-order valence-corrected chi connectivity index (χ0v) is 24.2. The molecule has 2 heterocycles. The maximum Gasteiger partial charge on any atom is 0.416 e. The lowest BCUT2D eigenvalue weighted by atomic mass is 9.87. The molecule has 2 N–H and O–H groups in total. The molecule has 13 heteroatoms. The number of carbonyl (C=O) groups is 1. The number of aliphatic hydroxyl groups excluding tert-OH is 1. The quantitative estimate of drug-likeness (QED) is 0.288. The van der Waals surface area contributed by atoms with Gasteiger partial charge in [-0.15, -0.1) is 0 Å². The number of rotatable bonds is 11. The highest BCUT2D eigenvalue weighted by molar-refractivity contribution is 7.91. The molecule has 0 saturated carbocycles. The molecule has 3 atom stereocenters. The zero-order chi connectivity index (χ0) is 31.2. The number of amides is 1. The van der Waals surface area contributed by atoms with E-state index >= 15 is 0 Å². The van der Waals surface area contributed by atoms with Crippen molar-refractivity contribution >= 4 is 21.6 Å². The molecule has 2 aromatic carbocycles. The minimum absolute atomic E-state index is 0.0493. The van der Waals surface area contributed by atoms with Gasteiger partial charge in [0.25, 0.3) is 5.91 Å². The molecule has 1 aliphatic rings. The van der Waals surface area contributed by atoms with E-state index in [9.17, 15) is 35.9 Å². The van der Waals surface area contributed by atoms with E-state index in [0.29, 0.717) is 30.8 Å². The van der Waals surface area contributed by atoms with Gasteiger partial charge in [0, 0.05) is 18.7 Å². The Kier molecular flexibility index (Phi) is 10.4. The van der Waals surface area contributed by atoms with E-state index in [1.807, 2.05) is 4.90 Å². The Hall–Kier alpha value is -3.55. The molecule has 1 saturated heterocycles. The lowest BCUT2D eigenvalue weighted by molar-refractivity contribution is -0.137. The summed E-state index contributed by atoms with van der Waals surface area (Å²) in [6, 6.07) is 13.2. The Bertz CT molecular complexity index is 1470. The van der Waals surface area contributed by atoms with E-state index in [4.69, 9.17) is 4.74 Å². The number of aromatic nitrogens is 1. The predicted molar refractivity (Wildman–Crippen MR) is 152 cm³/mol. The number of halogens is 4. The highest BCUT2D eigenvalue weighted by atomic mass is 32.2. The number of sulfone groups is 1. The van der Waals surface area contributed by atoms with E-state index in [2.05, 4.69) is 10.3 Å². The summed E-state index contributed by atoms with van der Waals surface area (Å²) in [5.41, 5.74) is 0.752. The normalized spacial score (nSPS) is 18.3. The van der Waals surface area contributed by atoms with Crippen molar-refractivity contribution in [2.24, 2.45) is 0 Å². The van der Waals surface area contributed by atoms with Crippen LogP contribution in [-0.2, 0) is 20.8 Å². The van der Waals surface area contributed by atoms with Gasteiger partial charge in [0.2, 0.25) is 0 Å². The Labute approximate surface area is 247 Å². The molecule has 1 aromatic heterocycles. The molecule has 0 radical (unpaired) electrons. The third-order valence-electron chi connectivity index (χ3n) is 7.62. The van der Waals surface area contributed by atoms with Crippen LogP contribution in [0.25, 0.3) is 0 Å². The van der Waals surface area contributed by atoms with Gasteiger partial charge < -0.3 is 20.1 Å². The van der Waals surface area contributed by atoms with Gasteiger partial charge in [-0.2, -0.15) is 13.2 Å². The standard InChI is InChI=1S/C30H33F4N3O5S/c1-2-43(40,41)26-12-6-21(7-13-26)27(17-38)36-29(39)22-8-14-28(35-15-22)37-16-23(5-11-25(37)18-42-19-31)20-3-9-24(10-4-20)30(32,33)34/h3-4,6-10,12-15,23,25,27,38H,2,5,11,16-19H2,1H3,(H,36,39)/t23?,25-,27-/m0/s1. The average molecular weight is 624 g/mol. The van der Waals surface area contributed by atoms with Gasteiger partial charge >= 0.3 is 6.18 Å². The first-order valence-corrected chi connectivity index (χ1v) is 15.4. The minimum atomic E-state index is -4.43. The summed E-state index contributed by atoms with van der Waals surface area (Å²) < 4.78 is 81.1. The molecule has 0 aliphatic carbocycles. The molecule has 8 nitrogen and oxygen atoms in total. The molecule has 0 spiro atoms. The van der Waals surface area contributed by atoms with Crippen LogP contribution in [0.3, 0.4) is 0 Å². The smallest absolute Gasteiger partial charge is 0.394 e. The van der Waals surface area contributed by atoms with E-state index in [1.54, 1.807) is 19.1 Å². The summed E-state index contributed by atoms with van der Waals surface area (Å²) in [5.74, 6) is -0.168. The van der Waals surface area contributed by atoms with Crippen LogP contribution >= 0.6 is 0 Å². The molecular weight excluding hydrogens is 590 g/mol. The van der Waals surface area contributed by atoms with Crippen LogP contribution in [0.15, 0.2) is 71.8 Å². The Morgan fingerprint density at radius 3 is 2.35 bits per heavy atom. The fourth-order valence-corrected chi connectivity index (χ4v) is 6.00. The zero-order valence-electron chi connectivity index (χ0n) is 23.4. The number of hydrogen-bond donors (Lipinski definition) is 2. The van der Waals surface area contributed by atoms with E-state index in [-0.39, 0.29) is 34.8 Å². The summed E-state index contributed by atoms with van der Waals surface area (Å²) in [7, 11) is -3.39. The molecule has 43 heavy (non-hydrogen) atoms. The van der Waals surface area contributed by atoms with Gasteiger partial charge in [-0.25, -0.2) is 17.8 Å². The molecular formula is C30H33F4N3O5S. The van der Waals surface area contributed by atoms with Crippen LogP contribution in [-0.4, -0.2) is 62.8 Å². The van der Waals surface area contributed by atoms with Crippen LogP contribution in [0.4, 0.5) is 23.4 Å². The molecule has 1 aliphatic heterocycles. The molecule has 1 amide bonds. The van der Waals surface area contributed by atoms with Gasteiger partial charge in [0.15, 0.2) is 16.7 Å². The minimum Gasteiger partial charge on any atom is -0.394 e. The van der Waals surface area contributed by atoms with Crippen molar-refractivity contribution < 1.29 is 40.6 Å². The molecule has 0 bridgehead atoms. The Morgan fingerprint density at radius 1 is 1.09 bits per heavy atom. The summed E-state index contributed by atoms with van der Waals surface area (Å²) in [5, 5.41) is 12.6. The first kappa shape index (κ1) is 32.4. The van der Waals surface area contributed by atoms with Crippen LogP contribution in [0.2, 0.25) is 0 Å². The second kappa shape index (κ2) is 13.8. The number of hydrogen-bond acceptors (Lipinski definition) is 7. The van der Waals surface area contributed by atoms with E-state index < -0.39 is 47.0 Å². The second-order valence-electron chi connectivity index (χ2n) is 10.3. The average Bonchev–Trinajstić information content (AvgIpc) is 3.02. The molecule has 4 rings (SSSR count). The number of benzene rings is 2. The first-order valence-electron chi connectivity index (χ1n) is 13.7. The SMILES string of the molecule is CCS(=O)(=O)c1ccc([C@H](CO)NC(=O)c2ccc(N3CC(c4ccc(C(F)(F)F)cc4)CC[C@H]3COCF)nc2)cc1. The first-order chi connectivity index (χ1) is 20.5. The van der Waals surface area contributed by atoms with Crippen molar-refractivity contribution in [1.82, 2.24) is 10.3 Å². The van der Waals surface area contributed by atoms with Crippen molar-refractivity contribution in [3.63, 3.8) is 0 Å². The van der Waals surface area contributed by atoms with Crippen LogP contribution < -0.4 is 10.2 Å². The van der Waals surface area contributed by atoms with Gasteiger partial charge in [0.05, 0.1) is 47.1 Å². The summed E-state index contributed by atoms with van der Waals surface area (Å²) in [6.45, 7) is 0.659. The highest BCUT2D eigenvalue weighted by Gasteiger charge is 2.33. The topological polar surface area (TPSA) is 109 Å².